The van der Waals surface area contributed by atoms with Crippen molar-refractivity contribution in [3.63, 3.8) is 0 Å². The summed E-state index contributed by atoms with van der Waals surface area (Å²) < 4.78 is 36.6. The minimum atomic E-state index is -5.10. The van der Waals surface area contributed by atoms with Gasteiger partial charge in [0.25, 0.3) is 5.91 Å². The molecule has 10 heteroatoms. The number of carbonyl (C=O) groups excluding carboxylic acids is 3. The standard InChI is InChI=1S/C21H23F3N4O3/c1-3-13-27(2)20(31)28(17-7-5-4-6-8-17)14-15-9-11-16(12-10-15)18(29)25-26-19(30)21(22,23)24/h4-12H,3,13-14H2,1-2H3,(H,25,29)(H,26,30). The summed E-state index contributed by atoms with van der Waals surface area (Å²) in [4.78, 5) is 38.8. The van der Waals surface area contributed by atoms with Crippen molar-refractivity contribution in [2.45, 2.75) is 26.1 Å². The maximum Gasteiger partial charge on any atom is 0.472 e. The fraction of sp³-hybridized carbons (Fsp3) is 0.286. The normalized spacial score (nSPS) is 10.9. The lowest BCUT2D eigenvalue weighted by molar-refractivity contribution is -0.174. The average Bonchev–Trinajstić information content (AvgIpc) is 2.75. The molecule has 0 heterocycles. The third-order valence-corrected chi connectivity index (χ3v) is 4.29. The maximum absolute atomic E-state index is 12.9. The zero-order chi connectivity index (χ0) is 23.0. The van der Waals surface area contributed by atoms with Crippen molar-refractivity contribution >= 4 is 23.5 Å². The summed E-state index contributed by atoms with van der Waals surface area (Å²) >= 11 is 0. The van der Waals surface area contributed by atoms with E-state index in [1.807, 2.05) is 37.3 Å². The van der Waals surface area contributed by atoms with Gasteiger partial charge in [-0.15, -0.1) is 0 Å². The molecule has 0 aromatic heterocycles. The molecule has 0 atom stereocenters. The lowest BCUT2D eigenvalue weighted by atomic mass is 10.1. The van der Waals surface area contributed by atoms with Gasteiger partial charge < -0.3 is 4.90 Å². The highest BCUT2D eigenvalue weighted by Gasteiger charge is 2.39. The van der Waals surface area contributed by atoms with Crippen LogP contribution >= 0.6 is 0 Å². The van der Waals surface area contributed by atoms with Crippen LogP contribution in [0.3, 0.4) is 0 Å². The zero-order valence-corrected chi connectivity index (χ0v) is 17.1. The molecule has 31 heavy (non-hydrogen) atoms. The molecule has 2 rings (SSSR count). The Balaban J connectivity index is 2.11. The van der Waals surface area contributed by atoms with E-state index < -0.39 is 18.0 Å². The smallest absolute Gasteiger partial charge is 0.327 e. The predicted octanol–water partition coefficient (Wildman–Crippen LogP) is 3.48. The van der Waals surface area contributed by atoms with Gasteiger partial charge in [-0.2, -0.15) is 13.2 Å². The lowest BCUT2D eigenvalue weighted by Crippen LogP contribution is -2.47. The molecule has 2 aromatic rings. The first-order chi connectivity index (χ1) is 14.6. The first kappa shape index (κ1) is 23.7. The molecule has 0 aliphatic heterocycles. The summed E-state index contributed by atoms with van der Waals surface area (Å²) in [5.74, 6) is -3.17. The van der Waals surface area contributed by atoms with E-state index in [0.29, 0.717) is 17.8 Å². The Morgan fingerprint density at radius 2 is 1.55 bits per heavy atom. The van der Waals surface area contributed by atoms with E-state index in [1.165, 1.54) is 17.6 Å². The van der Waals surface area contributed by atoms with E-state index in [0.717, 1.165) is 6.42 Å². The average molecular weight is 436 g/mol. The van der Waals surface area contributed by atoms with Crippen LogP contribution in [0.5, 0.6) is 0 Å². The van der Waals surface area contributed by atoms with Crippen LogP contribution in [-0.4, -0.2) is 42.5 Å². The highest BCUT2D eigenvalue weighted by Crippen LogP contribution is 2.19. The van der Waals surface area contributed by atoms with Gasteiger partial charge in [0.15, 0.2) is 0 Å². The maximum atomic E-state index is 12.9. The molecule has 0 spiro atoms. The van der Waals surface area contributed by atoms with Crippen LogP contribution in [0.4, 0.5) is 23.7 Å². The Morgan fingerprint density at radius 3 is 2.10 bits per heavy atom. The van der Waals surface area contributed by atoms with E-state index in [-0.39, 0.29) is 18.1 Å². The quantitative estimate of drug-likeness (QED) is 0.681. The molecule has 0 unspecified atom stereocenters. The number of alkyl halides is 3. The van der Waals surface area contributed by atoms with Gasteiger partial charge in [-0.3, -0.25) is 25.3 Å². The Labute approximate surface area is 177 Å². The zero-order valence-electron chi connectivity index (χ0n) is 17.1. The summed E-state index contributed by atoms with van der Waals surface area (Å²) in [7, 11) is 1.71. The van der Waals surface area contributed by atoms with Crippen LogP contribution in [0.15, 0.2) is 54.6 Å². The number of urea groups is 1. The molecule has 0 aliphatic carbocycles. The van der Waals surface area contributed by atoms with Gasteiger partial charge in [0.1, 0.15) is 0 Å². The molecular formula is C21H23F3N4O3. The number of amides is 4. The number of para-hydroxylation sites is 1. The van der Waals surface area contributed by atoms with Crippen molar-refractivity contribution in [2.24, 2.45) is 0 Å². The first-order valence-electron chi connectivity index (χ1n) is 9.47. The van der Waals surface area contributed by atoms with Crippen molar-refractivity contribution in [3.05, 3.63) is 65.7 Å². The highest BCUT2D eigenvalue weighted by atomic mass is 19.4. The molecule has 0 fully saturated rings. The van der Waals surface area contributed by atoms with Gasteiger partial charge >= 0.3 is 18.1 Å². The summed E-state index contributed by atoms with van der Waals surface area (Å²) in [6.07, 6.45) is -4.30. The molecule has 2 N–H and O–H groups in total. The number of hydrogen-bond donors (Lipinski definition) is 2. The van der Waals surface area contributed by atoms with Gasteiger partial charge in [-0.25, -0.2) is 4.79 Å². The molecule has 0 radical (unpaired) electrons. The Hall–Kier alpha value is -3.56. The molecule has 7 nitrogen and oxygen atoms in total. The van der Waals surface area contributed by atoms with Crippen LogP contribution in [0.2, 0.25) is 0 Å². The van der Waals surface area contributed by atoms with Crippen molar-refractivity contribution in [1.29, 1.82) is 0 Å². The second-order valence-corrected chi connectivity index (χ2v) is 6.73. The van der Waals surface area contributed by atoms with Crippen LogP contribution in [0, 0.1) is 0 Å². The van der Waals surface area contributed by atoms with E-state index in [4.69, 9.17) is 0 Å². The minimum absolute atomic E-state index is 0.0481. The molecule has 166 valence electrons. The third-order valence-electron chi connectivity index (χ3n) is 4.29. The molecule has 4 amide bonds. The fourth-order valence-corrected chi connectivity index (χ4v) is 2.72. The van der Waals surface area contributed by atoms with Gasteiger partial charge in [0.2, 0.25) is 0 Å². The minimum Gasteiger partial charge on any atom is -0.327 e. The molecule has 2 aromatic carbocycles. The van der Waals surface area contributed by atoms with Crippen molar-refractivity contribution in [1.82, 2.24) is 15.8 Å². The number of carbonyl (C=O) groups is 3. The number of nitrogens with one attached hydrogen (secondary N) is 2. The SMILES string of the molecule is CCCN(C)C(=O)N(Cc1ccc(C(=O)NNC(=O)C(F)(F)F)cc1)c1ccccc1. The fourth-order valence-electron chi connectivity index (χ4n) is 2.72. The van der Waals surface area contributed by atoms with Crippen molar-refractivity contribution in [2.75, 3.05) is 18.5 Å². The highest BCUT2D eigenvalue weighted by molar-refractivity contribution is 5.96. The molecule has 0 bridgehead atoms. The van der Waals surface area contributed by atoms with Crippen LogP contribution in [0.1, 0.15) is 29.3 Å². The van der Waals surface area contributed by atoms with Crippen LogP contribution in [0.25, 0.3) is 0 Å². The molecular weight excluding hydrogens is 413 g/mol. The topological polar surface area (TPSA) is 81.8 Å². The van der Waals surface area contributed by atoms with E-state index >= 15 is 0 Å². The second-order valence-electron chi connectivity index (χ2n) is 6.73. The number of hydrogen-bond acceptors (Lipinski definition) is 3. The van der Waals surface area contributed by atoms with E-state index in [9.17, 15) is 27.6 Å². The monoisotopic (exact) mass is 436 g/mol. The molecule has 0 aliphatic rings. The summed E-state index contributed by atoms with van der Waals surface area (Å²) in [5, 5.41) is 0. The van der Waals surface area contributed by atoms with Gasteiger partial charge in [-0.1, -0.05) is 37.3 Å². The van der Waals surface area contributed by atoms with Crippen molar-refractivity contribution in [3.8, 4) is 0 Å². The van der Waals surface area contributed by atoms with E-state index in [1.54, 1.807) is 34.4 Å². The number of hydrazine groups is 1. The number of benzene rings is 2. The lowest BCUT2D eigenvalue weighted by Gasteiger charge is -2.28. The van der Waals surface area contributed by atoms with Crippen molar-refractivity contribution < 1.29 is 27.6 Å². The summed E-state index contributed by atoms with van der Waals surface area (Å²) in [6.45, 7) is 2.78. The van der Waals surface area contributed by atoms with Gasteiger partial charge in [-0.05, 0) is 36.2 Å². The summed E-state index contributed by atoms with van der Waals surface area (Å²) in [5.41, 5.74) is 4.47. The molecule has 0 saturated heterocycles. The number of rotatable bonds is 6. The molecule has 0 saturated carbocycles. The van der Waals surface area contributed by atoms with Crippen LogP contribution in [-0.2, 0) is 11.3 Å². The second kappa shape index (κ2) is 10.5. The number of halogens is 3. The third kappa shape index (κ3) is 6.73. The number of nitrogens with zero attached hydrogens (tertiary/aromatic N) is 2. The Bertz CT molecular complexity index is 902. The summed E-state index contributed by atoms with van der Waals surface area (Å²) in [6, 6.07) is 14.9. The predicted molar refractivity (Wildman–Crippen MR) is 109 cm³/mol. The first-order valence-corrected chi connectivity index (χ1v) is 9.47. The van der Waals surface area contributed by atoms with Crippen LogP contribution < -0.4 is 15.8 Å². The van der Waals surface area contributed by atoms with Gasteiger partial charge in [0, 0.05) is 24.8 Å². The van der Waals surface area contributed by atoms with E-state index in [2.05, 4.69) is 0 Å². The Kier molecular flexibility index (Phi) is 8.00. The Morgan fingerprint density at radius 1 is 0.935 bits per heavy atom. The number of anilines is 1. The van der Waals surface area contributed by atoms with Gasteiger partial charge in [0.05, 0.1) is 6.54 Å². The largest absolute Gasteiger partial charge is 0.472 e.